The van der Waals surface area contributed by atoms with E-state index in [1.165, 1.54) is 44.1 Å². The van der Waals surface area contributed by atoms with E-state index >= 15 is 0 Å². The number of para-hydroxylation sites is 2. The van der Waals surface area contributed by atoms with Crippen LogP contribution in [0.25, 0.3) is 49.9 Å². The highest BCUT2D eigenvalue weighted by Crippen LogP contribution is 2.45. The molecule has 0 N–H and O–H groups in total. The predicted molar refractivity (Wildman–Crippen MR) is 103 cm³/mol. The molecule has 1 aliphatic rings. The van der Waals surface area contributed by atoms with Crippen molar-refractivity contribution in [1.29, 1.82) is 0 Å². The Morgan fingerprint density at radius 1 is 0.560 bits per heavy atom. The maximum atomic E-state index is 4.79. The van der Waals surface area contributed by atoms with E-state index in [1.807, 2.05) is 12.3 Å². The van der Waals surface area contributed by atoms with Gasteiger partial charge in [-0.15, -0.1) is 0 Å². The average molecular weight is 318 g/mol. The highest BCUT2D eigenvalue weighted by atomic mass is 15.1. The van der Waals surface area contributed by atoms with Gasteiger partial charge >= 0.3 is 0 Å². The first-order valence-corrected chi connectivity index (χ1v) is 8.51. The summed E-state index contributed by atoms with van der Waals surface area (Å²) >= 11 is 0. The summed E-state index contributed by atoms with van der Waals surface area (Å²) in [5.41, 5.74) is 7.40. The van der Waals surface area contributed by atoms with Crippen molar-refractivity contribution in [3.63, 3.8) is 0 Å². The van der Waals surface area contributed by atoms with Crippen LogP contribution in [0.4, 0.5) is 0 Å². The van der Waals surface area contributed by atoms with Crippen molar-refractivity contribution in [3.05, 3.63) is 85.1 Å². The summed E-state index contributed by atoms with van der Waals surface area (Å²) in [4.78, 5) is 4.79. The zero-order chi connectivity index (χ0) is 16.4. The van der Waals surface area contributed by atoms with E-state index in [0.717, 1.165) is 5.82 Å². The smallest absolute Gasteiger partial charge is 0.145 e. The van der Waals surface area contributed by atoms with Crippen molar-refractivity contribution in [1.82, 2.24) is 9.55 Å². The molecular formula is C23H14N2. The van der Waals surface area contributed by atoms with E-state index < -0.39 is 0 Å². The van der Waals surface area contributed by atoms with E-state index in [1.54, 1.807) is 0 Å². The summed E-state index contributed by atoms with van der Waals surface area (Å²) in [6.07, 6.45) is 1.88. The molecular weight excluding hydrogens is 304 g/mol. The molecule has 0 amide bonds. The van der Waals surface area contributed by atoms with Crippen LogP contribution in [-0.4, -0.2) is 9.55 Å². The number of hydrogen-bond acceptors (Lipinski definition) is 1. The second-order valence-electron chi connectivity index (χ2n) is 6.47. The van der Waals surface area contributed by atoms with Gasteiger partial charge < -0.3 is 0 Å². The van der Waals surface area contributed by atoms with Gasteiger partial charge in [0.2, 0.25) is 0 Å². The van der Waals surface area contributed by atoms with Gasteiger partial charge in [-0.1, -0.05) is 60.7 Å². The zero-order valence-electron chi connectivity index (χ0n) is 13.5. The molecule has 0 unspecified atom stereocenters. The van der Waals surface area contributed by atoms with Crippen molar-refractivity contribution >= 4 is 21.8 Å². The van der Waals surface area contributed by atoms with E-state index in [-0.39, 0.29) is 0 Å². The molecule has 0 saturated heterocycles. The molecule has 3 aromatic carbocycles. The Kier molecular flexibility index (Phi) is 2.37. The fraction of sp³-hybridized carbons (Fsp3) is 0. The first-order valence-electron chi connectivity index (χ1n) is 8.51. The largest absolute Gasteiger partial charge is 0.293 e. The van der Waals surface area contributed by atoms with Gasteiger partial charge in [-0.3, -0.25) is 4.57 Å². The van der Waals surface area contributed by atoms with Crippen LogP contribution in [-0.2, 0) is 0 Å². The summed E-state index contributed by atoms with van der Waals surface area (Å²) in [5, 5.41) is 2.55. The van der Waals surface area contributed by atoms with Crippen molar-refractivity contribution in [2.75, 3.05) is 0 Å². The average Bonchev–Trinajstić information content (AvgIpc) is 2.96. The molecule has 0 bridgehead atoms. The van der Waals surface area contributed by atoms with Crippen LogP contribution in [0.3, 0.4) is 0 Å². The lowest BCUT2D eigenvalue weighted by Gasteiger charge is -2.10. The number of aromatic nitrogens is 2. The minimum atomic E-state index is 1.01. The third-order valence-electron chi connectivity index (χ3n) is 5.20. The van der Waals surface area contributed by atoms with Crippen LogP contribution in [0.2, 0.25) is 0 Å². The predicted octanol–water partition coefficient (Wildman–Crippen LogP) is 5.83. The Balaban J connectivity index is 1.99. The lowest BCUT2D eigenvalue weighted by atomic mass is 9.94. The van der Waals surface area contributed by atoms with Gasteiger partial charge in [0.1, 0.15) is 5.82 Å². The molecule has 3 heterocycles. The lowest BCUT2D eigenvalue weighted by molar-refractivity contribution is 1.09. The fourth-order valence-corrected chi connectivity index (χ4v) is 4.19. The number of fused-ring (bicyclic) bond motifs is 8. The third kappa shape index (κ3) is 1.56. The standard InChI is InChI=1S/C23H14N2/c1-2-8-16-15(7-1)18-10-5-11-19-17-9-3-4-13-21(17)25(22(18)19)23-20(16)12-6-14-24-23/h1-14H. The highest BCUT2D eigenvalue weighted by molar-refractivity contribution is 6.16. The topological polar surface area (TPSA) is 17.8 Å². The second kappa shape index (κ2) is 4.58. The van der Waals surface area contributed by atoms with Gasteiger partial charge in [0.25, 0.3) is 0 Å². The van der Waals surface area contributed by atoms with Crippen LogP contribution in [0.5, 0.6) is 0 Å². The van der Waals surface area contributed by atoms with Gasteiger partial charge in [0, 0.05) is 28.1 Å². The summed E-state index contributed by atoms with van der Waals surface area (Å²) in [7, 11) is 0. The molecule has 116 valence electrons. The zero-order valence-corrected chi connectivity index (χ0v) is 13.5. The Labute approximate surface area is 145 Å². The first-order chi connectivity index (χ1) is 12.4. The Bertz CT molecular complexity index is 1290. The molecule has 0 fully saturated rings. The maximum Gasteiger partial charge on any atom is 0.145 e. The van der Waals surface area contributed by atoms with Gasteiger partial charge in [-0.05, 0) is 29.3 Å². The molecule has 0 aliphatic carbocycles. The van der Waals surface area contributed by atoms with Crippen molar-refractivity contribution in [3.8, 4) is 28.1 Å². The molecule has 25 heavy (non-hydrogen) atoms. The fourth-order valence-electron chi connectivity index (χ4n) is 4.19. The quantitative estimate of drug-likeness (QED) is 0.345. The Morgan fingerprint density at radius 2 is 1.24 bits per heavy atom. The van der Waals surface area contributed by atoms with Crippen molar-refractivity contribution in [2.45, 2.75) is 0 Å². The number of benzene rings is 3. The summed E-state index contributed by atoms with van der Waals surface area (Å²) in [5.74, 6) is 1.01. The molecule has 0 saturated carbocycles. The lowest BCUT2D eigenvalue weighted by Crippen LogP contribution is -1.98. The molecule has 1 aliphatic heterocycles. The SMILES string of the molecule is c1ccc2c(c1)-c1cccnc1-n1c3ccccc3c3cccc-2c31. The minimum absolute atomic E-state index is 1.01. The summed E-state index contributed by atoms with van der Waals surface area (Å²) in [6.45, 7) is 0. The maximum absolute atomic E-state index is 4.79. The first kappa shape index (κ1) is 13.0. The van der Waals surface area contributed by atoms with Crippen LogP contribution in [0, 0.1) is 0 Å². The van der Waals surface area contributed by atoms with E-state index in [0.29, 0.717) is 0 Å². The van der Waals surface area contributed by atoms with Crippen molar-refractivity contribution < 1.29 is 0 Å². The second-order valence-corrected chi connectivity index (χ2v) is 6.47. The van der Waals surface area contributed by atoms with Crippen LogP contribution < -0.4 is 0 Å². The Hall–Kier alpha value is -3.39. The van der Waals surface area contributed by atoms with Crippen LogP contribution in [0.1, 0.15) is 0 Å². The molecule has 0 radical (unpaired) electrons. The summed E-state index contributed by atoms with van der Waals surface area (Å²) < 4.78 is 2.33. The molecule has 2 nitrogen and oxygen atoms in total. The monoisotopic (exact) mass is 318 g/mol. The van der Waals surface area contributed by atoms with Crippen LogP contribution >= 0.6 is 0 Å². The molecule has 2 aromatic heterocycles. The third-order valence-corrected chi connectivity index (χ3v) is 5.20. The van der Waals surface area contributed by atoms with Gasteiger partial charge in [-0.2, -0.15) is 0 Å². The molecule has 5 aromatic rings. The van der Waals surface area contributed by atoms with Crippen LogP contribution in [0.15, 0.2) is 85.1 Å². The van der Waals surface area contributed by atoms with E-state index in [4.69, 9.17) is 4.98 Å². The molecule has 0 spiro atoms. The minimum Gasteiger partial charge on any atom is -0.293 e. The molecule has 2 heteroatoms. The highest BCUT2D eigenvalue weighted by Gasteiger charge is 2.24. The number of nitrogens with zero attached hydrogens (tertiary/aromatic N) is 2. The Morgan fingerprint density at radius 3 is 2.16 bits per heavy atom. The van der Waals surface area contributed by atoms with Crippen molar-refractivity contribution in [2.24, 2.45) is 0 Å². The van der Waals surface area contributed by atoms with Gasteiger partial charge in [0.15, 0.2) is 0 Å². The number of pyridine rings is 1. The molecule has 6 rings (SSSR count). The van der Waals surface area contributed by atoms with E-state index in [2.05, 4.69) is 77.4 Å². The summed E-state index contributed by atoms with van der Waals surface area (Å²) in [6, 6.07) is 28.0. The van der Waals surface area contributed by atoms with E-state index in [9.17, 15) is 0 Å². The number of hydrogen-bond donors (Lipinski definition) is 0. The molecule has 0 atom stereocenters. The normalized spacial score (nSPS) is 12.0. The van der Waals surface area contributed by atoms with Gasteiger partial charge in [0.05, 0.1) is 11.0 Å². The number of rotatable bonds is 0. The van der Waals surface area contributed by atoms with Gasteiger partial charge in [-0.25, -0.2) is 4.98 Å².